The number of fused-ring (bicyclic) bond motifs is 1. The summed E-state index contributed by atoms with van der Waals surface area (Å²) in [5.74, 6) is 0. The second kappa shape index (κ2) is 7.24. The first kappa shape index (κ1) is 18.1. The number of nitrogens with zero attached hydrogens (tertiary/aromatic N) is 2. The first-order chi connectivity index (χ1) is 11.9. The van der Waals surface area contributed by atoms with E-state index >= 15 is 0 Å². The number of ether oxygens (including phenoxy) is 1. The molecule has 0 bridgehead atoms. The molecule has 2 saturated heterocycles. The summed E-state index contributed by atoms with van der Waals surface area (Å²) < 4.78 is 31.6. The Morgan fingerprint density at radius 2 is 2.24 bits per heavy atom. The molecule has 9 nitrogen and oxygen atoms in total. The monoisotopic (exact) mass is 370 g/mol. The van der Waals surface area contributed by atoms with Crippen molar-refractivity contribution >= 4 is 21.4 Å². The maximum atomic E-state index is 11.8. The zero-order chi connectivity index (χ0) is 18.0. The van der Waals surface area contributed by atoms with E-state index in [-0.39, 0.29) is 22.4 Å². The summed E-state index contributed by atoms with van der Waals surface area (Å²) in [6.07, 6.45) is 2.29. The van der Waals surface area contributed by atoms with Gasteiger partial charge in [-0.15, -0.1) is 0 Å². The fraction of sp³-hybridized carbons (Fsp3) is 0.600. The van der Waals surface area contributed by atoms with Crippen LogP contribution in [0.4, 0.5) is 11.4 Å². The van der Waals surface area contributed by atoms with E-state index in [2.05, 4.69) is 14.9 Å². The number of benzene rings is 1. The molecule has 10 heteroatoms. The Labute approximate surface area is 146 Å². The standard InChI is InChI=1S/C15H22N4O5S/c1-16-25(22,23)13-4-5-14(15(7-13)19(20)21)17-8-12-9-18-6-2-3-11(18)10-24-12/h4-5,7,11-12,16-17H,2-3,6,8-10H2,1H3. The van der Waals surface area contributed by atoms with E-state index in [0.29, 0.717) is 19.2 Å². The molecule has 2 unspecified atom stereocenters. The maximum absolute atomic E-state index is 11.8. The lowest BCUT2D eigenvalue weighted by atomic mass is 10.2. The lowest BCUT2D eigenvalue weighted by molar-refractivity contribution is -0.384. The number of hydrogen-bond donors (Lipinski definition) is 2. The van der Waals surface area contributed by atoms with E-state index in [1.807, 2.05) is 0 Å². The number of rotatable bonds is 6. The fourth-order valence-corrected chi connectivity index (χ4v) is 4.08. The van der Waals surface area contributed by atoms with Crippen LogP contribution >= 0.6 is 0 Å². The Bertz CT molecular complexity index is 754. The van der Waals surface area contributed by atoms with Gasteiger partial charge in [0.25, 0.3) is 5.69 Å². The van der Waals surface area contributed by atoms with Crippen molar-refractivity contribution in [3.63, 3.8) is 0 Å². The van der Waals surface area contributed by atoms with Gasteiger partial charge < -0.3 is 10.1 Å². The molecule has 25 heavy (non-hydrogen) atoms. The molecule has 0 radical (unpaired) electrons. The quantitative estimate of drug-likeness (QED) is 0.562. The van der Waals surface area contributed by atoms with Crippen LogP contribution in [0.2, 0.25) is 0 Å². The zero-order valence-corrected chi connectivity index (χ0v) is 14.8. The van der Waals surface area contributed by atoms with Gasteiger partial charge in [0.2, 0.25) is 10.0 Å². The highest BCUT2D eigenvalue weighted by Crippen LogP contribution is 2.28. The molecule has 3 rings (SSSR count). The third-order valence-electron chi connectivity index (χ3n) is 4.73. The summed E-state index contributed by atoms with van der Waals surface area (Å²) in [7, 11) is -2.47. The minimum absolute atomic E-state index is 0.0466. The van der Waals surface area contributed by atoms with Crippen molar-refractivity contribution in [2.45, 2.75) is 29.9 Å². The molecule has 0 saturated carbocycles. The Kier molecular flexibility index (Phi) is 5.23. The van der Waals surface area contributed by atoms with Crippen LogP contribution in [0.3, 0.4) is 0 Å². The van der Waals surface area contributed by atoms with Crippen molar-refractivity contribution in [3.05, 3.63) is 28.3 Å². The number of sulfonamides is 1. The average molecular weight is 370 g/mol. The van der Waals surface area contributed by atoms with Gasteiger partial charge in [-0.3, -0.25) is 15.0 Å². The highest BCUT2D eigenvalue weighted by atomic mass is 32.2. The van der Waals surface area contributed by atoms with Crippen molar-refractivity contribution in [2.24, 2.45) is 0 Å². The lowest BCUT2D eigenvalue weighted by Gasteiger charge is -2.35. The number of hydrogen-bond acceptors (Lipinski definition) is 7. The molecule has 2 aliphatic rings. The van der Waals surface area contributed by atoms with Crippen LogP contribution in [0.15, 0.2) is 23.1 Å². The number of nitro benzene ring substituents is 1. The molecule has 2 aliphatic heterocycles. The Balaban J connectivity index is 1.70. The molecule has 0 aliphatic carbocycles. The highest BCUT2D eigenvalue weighted by Gasteiger charge is 2.32. The molecule has 1 aromatic carbocycles. The van der Waals surface area contributed by atoms with Gasteiger partial charge in [0.15, 0.2) is 0 Å². The largest absolute Gasteiger partial charge is 0.377 e. The van der Waals surface area contributed by atoms with Crippen molar-refractivity contribution in [2.75, 3.05) is 38.6 Å². The predicted octanol–water partition coefficient (Wildman–Crippen LogP) is 0.778. The van der Waals surface area contributed by atoms with E-state index in [4.69, 9.17) is 4.74 Å². The number of morpholine rings is 1. The smallest absolute Gasteiger partial charge is 0.293 e. The van der Waals surface area contributed by atoms with E-state index in [0.717, 1.165) is 25.6 Å². The van der Waals surface area contributed by atoms with Gasteiger partial charge in [-0.1, -0.05) is 0 Å². The predicted molar refractivity (Wildman–Crippen MR) is 92.2 cm³/mol. The highest BCUT2D eigenvalue weighted by molar-refractivity contribution is 7.89. The van der Waals surface area contributed by atoms with Crippen LogP contribution in [-0.4, -0.2) is 63.7 Å². The van der Waals surface area contributed by atoms with Crippen molar-refractivity contribution < 1.29 is 18.1 Å². The normalized spacial score (nSPS) is 24.0. The molecular formula is C15H22N4O5S. The Morgan fingerprint density at radius 3 is 2.96 bits per heavy atom. The molecule has 0 amide bonds. The summed E-state index contributed by atoms with van der Waals surface area (Å²) >= 11 is 0. The van der Waals surface area contributed by atoms with Crippen molar-refractivity contribution in [3.8, 4) is 0 Å². The van der Waals surface area contributed by atoms with Crippen LogP contribution in [0.1, 0.15) is 12.8 Å². The molecule has 2 N–H and O–H groups in total. The second-order valence-corrected chi connectivity index (χ2v) is 8.16. The number of nitro groups is 1. The maximum Gasteiger partial charge on any atom is 0.293 e. The van der Waals surface area contributed by atoms with E-state index in [1.165, 1.54) is 25.6 Å². The number of anilines is 1. The second-order valence-electron chi connectivity index (χ2n) is 6.27. The molecule has 0 spiro atoms. The third kappa shape index (κ3) is 3.92. The molecule has 2 fully saturated rings. The first-order valence-corrected chi connectivity index (χ1v) is 9.70. The van der Waals surface area contributed by atoms with Crippen LogP contribution in [-0.2, 0) is 14.8 Å². The molecular weight excluding hydrogens is 348 g/mol. The van der Waals surface area contributed by atoms with Gasteiger partial charge in [-0.05, 0) is 38.6 Å². The summed E-state index contributed by atoms with van der Waals surface area (Å²) in [5.41, 5.74) is 0.0124. The average Bonchev–Trinajstić information content (AvgIpc) is 3.07. The Morgan fingerprint density at radius 1 is 1.44 bits per heavy atom. The van der Waals surface area contributed by atoms with Gasteiger partial charge in [0, 0.05) is 25.2 Å². The van der Waals surface area contributed by atoms with Crippen LogP contribution in [0, 0.1) is 10.1 Å². The SMILES string of the molecule is CNS(=O)(=O)c1ccc(NCC2CN3CCCC3CO2)c([N+](=O)[O-])c1. The minimum atomic E-state index is -3.73. The van der Waals surface area contributed by atoms with Gasteiger partial charge in [-0.2, -0.15) is 0 Å². The molecule has 1 aromatic rings. The van der Waals surface area contributed by atoms with Crippen LogP contribution < -0.4 is 10.0 Å². The zero-order valence-electron chi connectivity index (χ0n) is 14.0. The first-order valence-electron chi connectivity index (χ1n) is 8.22. The third-order valence-corrected chi connectivity index (χ3v) is 6.14. The van der Waals surface area contributed by atoms with Gasteiger partial charge in [0.05, 0.1) is 22.5 Å². The van der Waals surface area contributed by atoms with E-state index < -0.39 is 14.9 Å². The van der Waals surface area contributed by atoms with Gasteiger partial charge in [0.1, 0.15) is 5.69 Å². The number of nitrogens with one attached hydrogen (secondary N) is 2. The van der Waals surface area contributed by atoms with Gasteiger partial charge in [-0.25, -0.2) is 13.1 Å². The summed E-state index contributed by atoms with van der Waals surface area (Å²) in [6.45, 7) is 2.99. The minimum Gasteiger partial charge on any atom is -0.377 e. The lowest BCUT2D eigenvalue weighted by Crippen LogP contribution is -2.48. The summed E-state index contributed by atoms with van der Waals surface area (Å²) in [5, 5.41) is 14.3. The van der Waals surface area contributed by atoms with Crippen LogP contribution in [0.25, 0.3) is 0 Å². The fourth-order valence-electron chi connectivity index (χ4n) is 3.33. The molecule has 2 heterocycles. The van der Waals surface area contributed by atoms with Gasteiger partial charge >= 0.3 is 0 Å². The van der Waals surface area contributed by atoms with E-state index in [9.17, 15) is 18.5 Å². The van der Waals surface area contributed by atoms with E-state index in [1.54, 1.807) is 0 Å². The molecule has 0 aromatic heterocycles. The van der Waals surface area contributed by atoms with Crippen molar-refractivity contribution in [1.29, 1.82) is 0 Å². The molecule has 138 valence electrons. The Hall–Kier alpha value is -1.75. The van der Waals surface area contributed by atoms with Crippen LogP contribution in [0.5, 0.6) is 0 Å². The molecule has 2 atom stereocenters. The summed E-state index contributed by atoms with van der Waals surface area (Å²) in [6, 6.07) is 4.33. The summed E-state index contributed by atoms with van der Waals surface area (Å²) in [4.78, 5) is 13.0. The topological polar surface area (TPSA) is 114 Å². The van der Waals surface area contributed by atoms with Crippen molar-refractivity contribution in [1.82, 2.24) is 9.62 Å².